The van der Waals surface area contributed by atoms with E-state index in [0.717, 1.165) is 10.2 Å². The van der Waals surface area contributed by atoms with Crippen LogP contribution in [0.25, 0.3) is 0 Å². The average Bonchev–Trinajstić information content (AvgIpc) is 1.82. The first-order valence-corrected chi connectivity index (χ1v) is 3.99. The van der Waals surface area contributed by atoms with Crippen LogP contribution in [0, 0.1) is 13.8 Å². The van der Waals surface area contributed by atoms with Crippen molar-refractivity contribution in [1.29, 1.82) is 0 Å². The summed E-state index contributed by atoms with van der Waals surface area (Å²) in [6.07, 6.45) is 0. The summed E-state index contributed by atoms with van der Waals surface area (Å²) in [6, 6.07) is 4.21. The fourth-order valence-corrected chi connectivity index (χ4v) is 1.62. The van der Waals surface area contributed by atoms with Crippen molar-refractivity contribution < 1.29 is 18.1 Å². The second-order valence-electron chi connectivity index (χ2n) is 2.54. The van der Waals surface area contributed by atoms with Crippen LogP contribution in [-0.4, -0.2) is 0 Å². The van der Waals surface area contributed by atoms with Gasteiger partial charge in [-0.15, -0.1) is 0 Å². The van der Waals surface area contributed by atoms with Gasteiger partial charge in [0.05, 0.1) is 4.47 Å². The molecule has 3 heteroatoms. The zero-order chi connectivity index (χ0) is 7.72. The number of quaternary nitrogens is 1. The van der Waals surface area contributed by atoms with Gasteiger partial charge in [0.1, 0.15) is 5.69 Å². The Morgan fingerprint density at radius 2 is 1.82 bits per heavy atom. The van der Waals surface area contributed by atoms with Gasteiger partial charge in [0.15, 0.2) is 0 Å². The molecule has 0 heterocycles. The molecule has 0 saturated carbocycles. The third-order valence-electron chi connectivity index (χ3n) is 1.56. The van der Waals surface area contributed by atoms with Crippen molar-refractivity contribution in [3.8, 4) is 0 Å². The molecule has 0 aliphatic carbocycles. The molecule has 1 aromatic carbocycles. The smallest absolute Gasteiger partial charge is 0.145 e. The Bertz CT molecular complexity index is 237. The maximum Gasteiger partial charge on any atom is 0.145 e. The molecule has 0 atom stereocenters. The van der Waals surface area contributed by atoms with Crippen LogP contribution in [0.1, 0.15) is 11.1 Å². The van der Waals surface area contributed by atoms with Gasteiger partial charge in [-0.1, -0.05) is 6.07 Å². The summed E-state index contributed by atoms with van der Waals surface area (Å²) in [6.45, 7) is 4.15. The van der Waals surface area contributed by atoms with Crippen molar-refractivity contribution >= 4 is 21.6 Å². The van der Waals surface area contributed by atoms with E-state index in [1.54, 1.807) is 0 Å². The highest BCUT2D eigenvalue weighted by Crippen LogP contribution is 2.22. The van der Waals surface area contributed by atoms with Crippen LogP contribution in [-0.2, 0) is 0 Å². The van der Waals surface area contributed by atoms with Crippen molar-refractivity contribution in [3.05, 3.63) is 27.7 Å². The highest BCUT2D eigenvalue weighted by Gasteiger charge is 2.02. The first-order chi connectivity index (χ1) is 4.61. The average molecular weight is 237 g/mol. The van der Waals surface area contributed by atoms with E-state index in [9.17, 15) is 0 Å². The summed E-state index contributed by atoms with van der Waals surface area (Å²) in [4.78, 5) is 0. The van der Waals surface area contributed by atoms with Gasteiger partial charge in [0, 0.05) is 5.56 Å². The van der Waals surface area contributed by atoms with Crippen LogP contribution in [0.5, 0.6) is 0 Å². The fraction of sp³-hybridized carbons (Fsp3) is 0.250. The maximum atomic E-state index is 3.91. The quantitative estimate of drug-likeness (QED) is 0.595. The molecule has 0 radical (unpaired) electrons. The van der Waals surface area contributed by atoms with Gasteiger partial charge in [-0.2, -0.15) is 0 Å². The summed E-state index contributed by atoms with van der Waals surface area (Å²) in [7, 11) is 0. The predicted octanol–water partition coefficient (Wildman–Crippen LogP) is -1.06. The van der Waals surface area contributed by atoms with Gasteiger partial charge in [-0.3, -0.25) is 0 Å². The van der Waals surface area contributed by atoms with E-state index in [0.29, 0.717) is 0 Å². The van der Waals surface area contributed by atoms with E-state index < -0.39 is 0 Å². The number of aryl methyl sites for hydroxylation is 2. The minimum Gasteiger partial charge on any atom is -1.00 e. The SMILES string of the molecule is Cc1cc(C)c([NH3+])c(Br)c1.[Cl-]. The molecule has 0 amide bonds. The Hall–Kier alpha value is -0.0500. The van der Waals surface area contributed by atoms with Gasteiger partial charge in [-0.05, 0) is 41.4 Å². The van der Waals surface area contributed by atoms with Crippen LogP contribution in [0.2, 0.25) is 0 Å². The van der Waals surface area contributed by atoms with E-state index in [4.69, 9.17) is 0 Å². The number of hydrogen-bond acceptors (Lipinski definition) is 0. The molecule has 0 aliphatic rings. The van der Waals surface area contributed by atoms with Crippen molar-refractivity contribution in [3.63, 3.8) is 0 Å². The van der Waals surface area contributed by atoms with Gasteiger partial charge < -0.3 is 18.1 Å². The monoisotopic (exact) mass is 235 g/mol. The van der Waals surface area contributed by atoms with Gasteiger partial charge in [0.2, 0.25) is 0 Å². The largest absolute Gasteiger partial charge is 1.00 e. The fourth-order valence-electron chi connectivity index (χ4n) is 0.946. The zero-order valence-electron chi connectivity index (χ0n) is 6.62. The van der Waals surface area contributed by atoms with Gasteiger partial charge >= 0.3 is 0 Å². The molecule has 0 spiro atoms. The minimum absolute atomic E-state index is 0. The van der Waals surface area contributed by atoms with E-state index in [1.165, 1.54) is 11.1 Å². The summed E-state index contributed by atoms with van der Waals surface area (Å²) in [5.74, 6) is 0. The number of benzene rings is 1. The van der Waals surface area contributed by atoms with E-state index >= 15 is 0 Å². The molecule has 0 unspecified atom stereocenters. The van der Waals surface area contributed by atoms with Crippen molar-refractivity contribution in [2.45, 2.75) is 13.8 Å². The molecule has 0 fully saturated rings. The highest BCUT2D eigenvalue weighted by atomic mass is 79.9. The standard InChI is InChI=1S/C8H10BrN.ClH/c1-5-3-6(2)8(10)7(9)4-5;/h3-4H,10H2,1-2H3;1H. The van der Waals surface area contributed by atoms with Crippen LogP contribution >= 0.6 is 15.9 Å². The van der Waals surface area contributed by atoms with Crippen molar-refractivity contribution in [1.82, 2.24) is 0 Å². The predicted molar refractivity (Wildman–Crippen MR) is 46.2 cm³/mol. The first-order valence-electron chi connectivity index (χ1n) is 3.20. The Balaban J connectivity index is 0.000001000. The summed E-state index contributed by atoms with van der Waals surface area (Å²) in [5.41, 5.74) is 7.52. The lowest BCUT2D eigenvalue weighted by atomic mass is 10.1. The second kappa shape index (κ2) is 4.10. The van der Waals surface area contributed by atoms with Crippen LogP contribution in [0.15, 0.2) is 16.6 Å². The number of halogens is 2. The van der Waals surface area contributed by atoms with E-state index in [1.807, 2.05) is 0 Å². The second-order valence-corrected chi connectivity index (χ2v) is 3.40. The lowest BCUT2D eigenvalue weighted by Gasteiger charge is -1.99. The molecule has 0 bridgehead atoms. The maximum absolute atomic E-state index is 3.91. The van der Waals surface area contributed by atoms with Crippen LogP contribution in [0.3, 0.4) is 0 Å². The molecule has 0 aliphatic heterocycles. The number of hydrogen-bond donors (Lipinski definition) is 1. The molecule has 0 saturated heterocycles. The normalized spacial score (nSPS) is 9.09. The molecular weight excluding hydrogens is 225 g/mol. The third kappa shape index (κ3) is 2.47. The summed E-state index contributed by atoms with van der Waals surface area (Å²) >= 11 is 3.43. The van der Waals surface area contributed by atoms with Crippen molar-refractivity contribution in [2.24, 2.45) is 0 Å². The lowest BCUT2D eigenvalue weighted by molar-refractivity contribution is -0.256. The Kier molecular flexibility index (Phi) is 4.08. The highest BCUT2D eigenvalue weighted by molar-refractivity contribution is 9.10. The summed E-state index contributed by atoms with van der Waals surface area (Å²) < 4.78 is 1.10. The molecule has 11 heavy (non-hydrogen) atoms. The third-order valence-corrected chi connectivity index (χ3v) is 2.27. The molecular formula is C8H11BrClN. The first kappa shape index (κ1) is 11.0. The van der Waals surface area contributed by atoms with E-state index in [-0.39, 0.29) is 12.4 Å². The summed E-state index contributed by atoms with van der Waals surface area (Å²) in [5, 5.41) is 0. The molecule has 3 N–H and O–H groups in total. The van der Waals surface area contributed by atoms with E-state index in [2.05, 4.69) is 47.6 Å². The molecule has 1 nitrogen and oxygen atoms in total. The lowest BCUT2D eigenvalue weighted by Crippen LogP contribution is -3.00. The molecule has 62 valence electrons. The Morgan fingerprint density at radius 1 is 1.27 bits per heavy atom. The van der Waals surface area contributed by atoms with Gasteiger partial charge in [-0.25, -0.2) is 0 Å². The minimum atomic E-state index is 0. The van der Waals surface area contributed by atoms with Crippen LogP contribution < -0.4 is 18.1 Å². The Labute approximate surface area is 81.5 Å². The molecule has 1 rings (SSSR count). The molecule has 1 aromatic rings. The molecule has 0 aromatic heterocycles. The topological polar surface area (TPSA) is 27.6 Å². The van der Waals surface area contributed by atoms with Gasteiger partial charge in [0.25, 0.3) is 0 Å². The number of rotatable bonds is 0. The van der Waals surface area contributed by atoms with Crippen LogP contribution in [0.4, 0.5) is 5.69 Å². The zero-order valence-corrected chi connectivity index (χ0v) is 8.96. The Morgan fingerprint density at radius 3 is 2.27 bits per heavy atom. The van der Waals surface area contributed by atoms with Crippen molar-refractivity contribution in [2.75, 3.05) is 0 Å².